The molecule has 3 rings (SSSR count). The number of carbonyl (C=O) groups excluding carboxylic acids is 2. The number of aliphatic hydroxyl groups is 1. The Bertz CT molecular complexity index is 560. The van der Waals surface area contributed by atoms with Gasteiger partial charge in [-0.15, -0.1) is 0 Å². The van der Waals surface area contributed by atoms with Crippen molar-refractivity contribution in [1.29, 1.82) is 0 Å². The molecule has 2 aliphatic heterocycles. The van der Waals surface area contributed by atoms with Gasteiger partial charge in [-0.2, -0.15) is 0 Å². The first-order chi connectivity index (χ1) is 9.59. The van der Waals surface area contributed by atoms with Crippen molar-refractivity contribution in [2.75, 3.05) is 18.0 Å². The number of fused-ring (bicyclic) bond motifs is 2. The van der Waals surface area contributed by atoms with Gasteiger partial charge in [0.2, 0.25) is 11.8 Å². The first-order valence-electron chi connectivity index (χ1n) is 6.72. The molecule has 0 bridgehead atoms. The molecule has 2 amide bonds. The standard InChI is InChI=1S/C14H17N3O3/c15-12(18)8-17-10-5-2-1-4-9(10)13(19)16-7-3-6-11(16)14(17)20/h1-2,4-5,11,13,19H,3,6-8H2,(H2,15,18). The van der Waals surface area contributed by atoms with Crippen LogP contribution in [0.3, 0.4) is 0 Å². The Balaban J connectivity index is 2.11. The molecule has 1 aromatic carbocycles. The lowest BCUT2D eigenvalue weighted by atomic mass is 10.1. The summed E-state index contributed by atoms with van der Waals surface area (Å²) in [5.74, 6) is -0.723. The normalized spacial score (nSPS) is 26.1. The Morgan fingerprint density at radius 2 is 2.15 bits per heavy atom. The number of nitrogens with two attached hydrogens (primary N) is 1. The molecule has 2 unspecified atom stereocenters. The molecular weight excluding hydrogens is 258 g/mol. The number of para-hydroxylation sites is 1. The van der Waals surface area contributed by atoms with Crippen LogP contribution < -0.4 is 10.6 Å². The predicted molar refractivity (Wildman–Crippen MR) is 72.7 cm³/mol. The number of amides is 2. The maximum atomic E-state index is 12.6. The van der Waals surface area contributed by atoms with Crippen molar-refractivity contribution in [3.8, 4) is 0 Å². The molecule has 0 spiro atoms. The molecule has 2 atom stereocenters. The molecule has 6 heteroatoms. The molecule has 3 N–H and O–H groups in total. The summed E-state index contributed by atoms with van der Waals surface area (Å²) in [5.41, 5.74) is 6.47. The first-order valence-corrected chi connectivity index (χ1v) is 6.72. The van der Waals surface area contributed by atoms with E-state index >= 15 is 0 Å². The van der Waals surface area contributed by atoms with E-state index < -0.39 is 12.1 Å². The quantitative estimate of drug-likeness (QED) is 0.793. The lowest BCUT2D eigenvalue weighted by Gasteiger charge is -2.26. The molecule has 0 radical (unpaired) electrons. The van der Waals surface area contributed by atoms with Gasteiger partial charge < -0.3 is 15.7 Å². The molecular formula is C14H17N3O3. The number of aliphatic hydroxyl groups excluding tert-OH is 1. The largest absolute Gasteiger partial charge is 0.374 e. The number of primary amides is 1. The van der Waals surface area contributed by atoms with Gasteiger partial charge in [0, 0.05) is 12.1 Å². The van der Waals surface area contributed by atoms with Crippen molar-refractivity contribution in [3.05, 3.63) is 29.8 Å². The van der Waals surface area contributed by atoms with Gasteiger partial charge in [-0.25, -0.2) is 0 Å². The van der Waals surface area contributed by atoms with Crippen LogP contribution in [0.15, 0.2) is 24.3 Å². The Morgan fingerprint density at radius 1 is 1.40 bits per heavy atom. The van der Waals surface area contributed by atoms with Crippen molar-refractivity contribution >= 4 is 17.5 Å². The van der Waals surface area contributed by atoms with Gasteiger partial charge in [0.25, 0.3) is 0 Å². The average Bonchev–Trinajstić information content (AvgIpc) is 2.89. The number of hydrogen-bond donors (Lipinski definition) is 2. The number of rotatable bonds is 2. The zero-order valence-electron chi connectivity index (χ0n) is 11.0. The van der Waals surface area contributed by atoms with Crippen molar-refractivity contribution in [1.82, 2.24) is 4.90 Å². The molecule has 0 saturated carbocycles. The lowest BCUT2D eigenvalue weighted by molar-refractivity contribution is -0.127. The van der Waals surface area contributed by atoms with Crippen LogP contribution in [0.25, 0.3) is 0 Å². The molecule has 0 aromatic heterocycles. The smallest absolute Gasteiger partial charge is 0.244 e. The van der Waals surface area contributed by atoms with Gasteiger partial charge >= 0.3 is 0 Å². The van der Waals surface area contributed by atoms with Gasteiger partial charge in [-0.3, -0.25) is 14.5 Å². The Kier molecular flexibility index (Phi) is 3.19. The minimum absolute atomic E-state index is 0.160. The summed E-state index contributed by atoms with van der Waals surface area (Å²) >= 11 is 0. The highest BCUT2D eigenvalue weighted by molar-refractivity contribution is 6.02. The maximum Gasteiger partial charge on any atom is 0.244 e. The second-order valence-corrected chi connectivity index (χ2v) is 5.22. The van der Waals surface area contributed by atoms with Crippen LogP contribution in [0.4, 0.5) is 5.69 Å². The Hall–Kier alpha value is -1.92. The van der Waals surface area contributed by atoms with Gasteiger partial charge in [-0.1, -0.05) is 18.2 Å². The van der Waals surface area contributed by atoms with Crippen LogP contribution in [0.5, 0.6) is 0 Å². The first kappa shape index (κ1) is 13.1. The number of carbonyl (C=O) groups is 2. The van der Waals surface area contributed by atoms with E-state index in [9.17, 15) is 14.7 Å². The van der Waals surface area contributed by atoms with Crippen molar-refractivity contribution in [2.24, 2.45) is 5.73 Å². The van der Waals surface area contributed by atoms with E-state index in [0.717, 1.165) is 6.42 Å². The van der Waals surface area contributed by atoms with Gasteiger partial charge in [-0.05, 0) is 18.9 Å². The molecule has 106 valence electrons. The van der Waals surface area contributed by atoms with Gasteiger partial charge in [0.15, 0.2) is 0 Å². The van der Waals surface area contributed by atoms with E-state index in [2.05, 4.69) is 0 Å². The van der Waals surface area contributed by atoms with Crippen molar-refractivity contribution in [3.63, 3.8) is 0 Å². The second kappa shape index (κ2) is 4.88. The summed E-state index contributed by atoms with van der Waals surface area (Å²) in [5, 5.41) is 10.5. The van der Waals surface area contributed by atoms with Crippen LogP contribution in [-0.2, 0) is 9.59 Å². The molecule has 0 aliphatic carbocycles. The average molecular weight is 275 g/mol. The summed E-state index contributed by atoms with van der Waals surface area (Å²) in [6.07, 6.45) is 0.736. The summed E-state index contributed by atoms with van der Waals surface area (Å²) in [6, 6.07) is 6.73. The monoisotopic (exact) mass is 275 g/mol. The van der Waals surface area contributed by atoms with Crippen LogP contribution in [0.1, 0.15) is 24.6 Å². The molecule has 2 aliphatic rings. The topological polar surface area (TPSA) is 86.9 Å². The maximum absolute atomic E-state index is 12.6. The highest BCUT2D eigenvalue weighted by Crippen LogP contribution is 2.37. The van der Waals surface area contributed by atoms with Crippen molar-refractivity contribution < 1.29 is 14.7 Å². The van der Waals surface area contributed by atoms with Crippen LogP contribution >= 0.6 is 0 Å². The number of anilines is 1. The van der Waals surface area contributed by atoms with E-state index in [1.807, 2.05) is 6.07 Å². The summed E-state index contributed by atoms with van der Waals surface area (Å²) < 4.78 is 0. The predicted octanol–water partition coefficient (Wildman–Crippen LogP) is -0.0262. The van der Waals surface area contributed by atoms with Gasteiger partial charge in [0.05, 0.1) is 11.7 Å². The third kappa shape index (κ3) is 1.97. The van der Waals surface area contributed by atoms with E-state index in [4.69, 9.17) is 5.73 Å². The Morgan fingerprint density at radius 3 is 2.90 bits per heavy atom. The number of nitrogens with zero attached hydrogens (tertiary/aromatic N) is 2. The third-order valence-corrected chi connectivity index (χ3v) is 3.98. The number of hydrogen-bond acceptors (Lipinski definition) is 4. The third-order valence-electron chi connectivity index (χ3n) is 3.98. The Labute approximate surface area is 116 Å². The number of benzene rings is 1. The van der Waals surface area contributed by atoms with Crippen LogP contribution in [0.2, 0.25) is 0 Å². The van der Waals surface area contributed by atoms with E-state index in [-0.39, 0.29) is 18.5 Å². The molecule has 1 saturated heterocycles. The zero-order valence-corrected chi connectivity index (χ0v) is 11.0. The molecule has 2 heterocycles. The van der Waals surface area contributed by atoms with Crippen LogP contribution in [-0.4, -0.2) is 41.0 Å². The molecule has 1 fully saturated rings. The summed E-state index contributed by atoms with van der Waals surface area (Å²) in [6.45, 7) is 0.517. The van der Waals surface area contributed by atoms with E-state index in [0.29, 0.717) is 24.2 Å². The highest BCUT2D eigenvalue weighted by Gasteiger charge is 2.42. The minimum atomic E-state index is -0.819. The fraction of sp³-hybridized carbons (Fsp3) is 0.429. The highest BCUT2D eigenvalue weighted by atomic mass is 16.3. The lowest BCUT2D eigenvalue weighted by Crippen LogP contribution is -2.46. The van der Waals surface area contributed by atoms with E-state index in [1.54, 1.807) is 23.1 Å². The van der Waals surface area contributed by atoms with Crippen molar-refractivity contribution in [2.45, 2.75) is 25.1 Å². The summed E-state index contributed by atoms with van der Waals surface area (Å²) in [4.78, 5) is 27.1. The molecule has 1 aromatic rings. The molecule has 6 nitrogen and oxygen atoms in total. The summed E-state index contributed by atoms with van der Waals surface area (Å²) in [7, 11) is 0. The second-order valence-electron chi connectivity index (χ2n) is 5.22. The SMILES string of the molecule is NC(=O)CN1C(=O)C2CCCN2C(O)c2ccccc21. The fourth-order valence-electron chi connectivity index (χ4n) is 3.09. The fourth-order valence-corrected chi connectivity index (χ4v) is 3.09. The molecule has 20 heavy (non-hydrogen) atoms. The van der Waals surface area contributed by atoms with E-state index in [1.165, 1.54) is 4.90 Å². The zero-order chi connectivity index (χ0) is 14.3. The minimum Gasteiger partial charge on any atom is -0.374 e. The van der Waals surface area contributed by atoms with Gasteiger partial charge in [0.1, 0.15) is 12.8 Å². The van der Waals surface area contributed by atoms with Crippen LogP contribution in [0, 0.1) is 0 Å².